The second kappa shape index (κ2) is 4.77. The molecular weight excluding hydrogens is 255 g/mol. The van der Waals surface area contributed by atoms with E-state index in [9.17, 15) is 4.39 Å². The Labute approximate surface area is 115 Å². The number of benzene rings is 1. The number of anilines is 1. The molecular formula is C15H13FN4. The molecule has 0 fully saturated rings. The van der Waals surface area contributed by atoms with E-state index in [0.29, 0.717) is 17.2 Å². The zero-order valence-electron chi connectivity index (χ0n) is 10.9. The maximum atomic E-state index is 13.0. The molecule has 20 heavy (non-hydrogen) atoms. The van der Waals surface area contributed by atoms with Crippen molar-refractivity contribution in [3.05, 3.63) is 54.5 Å². The van der Waals surface area contributed by atoms with Crippen LogP contribution in [0, 0.1) is 5.82 Å². The van der Waals surface area contributed by atoms with Gasteiger partial charge in [0.2, 0.25) is 0 Å². The number of nitrogens with zero attached hydrogens (tertiary/aromatic N) is 3. The average Bonchev–Trinajstić information content (AvgIpc) is 2.77. The Morgan fingerprint density at radius 3 is 2.50 bits per heavy atom. The fraction of sp³-hybridized carbons (Fsp3) is 0.0667. The lowest BCUT2D eigenvalue weighted by Crippen LogP contribution is -1.97. The van der Waals surface area contributed by atoms with Crippen molar-refractivity contribution in [2.24, 2.45) is 7.05 Å². The Hall–Kier alpha value is -2.69. The van der Waals surface area contributed by atoms with Gasteiger partial charge in [0, 0.05) is 7.05 Å². The maximum Gasteiger partial charge on any atom is 0.141 e. The number of nitrogen functional groups attached to an aromatic ring is 1. The molecule has 3 aromatic rings. The first-order valence-electron chi connectivity index (χ1n) is 6.16. The highest BCUT2D eigenvalue weighted by Gasteiger charge is 2.17. The third-order valence-corrected chi connectivity index (χ3v) is 3.12. The summed E-state index contributed by atoms with van der Waals surface area (Å²) in [7, 11) is 1.77. The molecule has 0 amide bonds. The normalized spacial score (nSPS) is 10.7. The van der Waals surface area contributed by atoms with Crippen LogP contribution in [0.15, 0.2) is 48.7 Å². The van der Waals surface area contributed by atoms with Gasteiger partial charge in [-0.15, -0.1) is 0 Å². The lowest BCUT2D eigenvalue weighted by molar-refractivity contribution is 0.621. The largest absolute Gasteiger partial charge is 0.383 e. The smallest absolute Gasteiger partial charge is 0.141 e. The summed E-state index contributed by atoms with van der Waals surface area (Å²) in [6, 6.07) is 12.7. The Kier molecular flexibility index (Phi) is 2.95. The maximum absolute atomic E-state index is 13.0. The lowest BCUT2D eigenvalue weighted by Gasteiger charge is -2.03. The molecule has 1 aromatic carbocycles. The number of nitrogens with two attached hydrogens (primary N) is 1. The van der Waals surface area contributed by atoms with Gasteiger partial charge in [0.1, 0.15) is 17.3 Å². The molecule has 0 radical (unpaired) electrons. The summed E-state index contributed by atoms with van der Waals surface area (Å²) < 4.78 is 14.6. The van der Waals surface area contributed by atoms with E-state index in [0.717, 1.165) is 11.1 Å². The monoisotopic (exact) mass is 268 g/mol. The third-order valence-electron chi connectivity index (χ3n) is 3.12. The number of aromatic nitrogens is 3. The molecule has 0 saturated carbocycles. The summed E-state index contributed by atoms with van der Waals surface area (Å²) in [5, 5.41) is 4.39. The van der Waals surface area contributed by atoms with Gasteiger partial charge in [-0.3, -0.25) is 9.67 Å². The van der Waals surface area contributed by atoms with E-state index in [-0.39, 0.29) is 5.82 Å². The summed E-state index contributed by atoms with van der Waals surface area (Å²) in [5.41, 5.74) is 9.12. The van der Waals surface area contributed by atoms with E-state index in [1.807, 2.05) is 30.3 Å². The van der Waals surface area contributed by atoms with Gasteiger partial charge in [-0.25, -0.2) is 4.39 Å². The fourth-order valence-electron chi connectivity index (χ4n) is 2.12. The third kappa shape index (κ3) is 2.03. The van der Waals surface area contributed by atoms with Gasteiger partial charge in [-0.1, -0.05) is 30.3 Å². The highest BCUT2D eigenvalue weighted by atomic mass is 19.1. The Morgan fingerprint density at radius 2 is 1.85 bits per heavy atom. The molecule has 2 N–H and O–H groups in total. The van der Waals surface area contributed by atoms with E-state index in [4.69, 9.17) is 5.73 Å². The minimum atomic E-state index is -0.376. The molecule has 5 heteroatoms. The van der Waals surface area contributed by atoms with Gasteiger partial charge < -0.3 is 5.73 Å². The number of pyridine rings is 1. The number of rotatable bonds is 2. The molecule has 3 rings (SSSR count). The van der Waals surface area contributed by atoms with Crippen molar-refractivity contribution in [2.45, 2.75) is 0 Å². The molecule has 0 aliphatic heterocycles. The number of hydrogen-bond acceptors (Lipinski definition) is 3. The zero-order valence-corrected chi connectivity index (χ0v) is 10.9. The van der Waals surface area contributed by atoms with Crippen LogP contribution in [-0.4, -0.2) is 14.8 Å². The van der Waals surface area contributed by atoms with Crippen LogP contribution in [-0.2, 0) is 7.05 Å². The first-order valence-corrected chi connectivity index (χ1v) is 6.16. The summed E-state index contributed by atoms with van der Waals surface area (Å²) in [5.74, 6) is 0.177. The van der Waals surface area contributed by atoms with E-state index >= 15 is 0 Å². The van der Waals surface area contributed by atoms with Crippen molar-refractivity contribution < 1.29 is 4.39 Å². The van der Waals surface area contributed by atoms with E-state index in [2.05, 4.69) is 10.1 Å². The summed E-state index contributed by atoms with van der Waals surface area (Å²) >= 11 is 0. The van der Waals surface area contributed by atoms with E-state index < -0.39 is 0 Å². The Bertz CT molecular complexity index is 733. The number of hydrogen-bond donors (Lipinski definition) is 1. The molecule has 0 saturated heterocycles. The Balaban J connectivity index is 2.22. The fourth-order valence-corrected chi connectivity index (χ4v) is 2.12. The lowest BCUT2D eigenvalue weighted by atomic mass is 10.0. The van der Waals surface area contributed by atoms with Crippen molar-refractivity contribution in [3.63, 3.8) is 0 Å². The van der Waals surface area contributed by atoms with Crippen LogP contribution >= 0.6 is 0 Å². The molecule has 0 bridgehead atoms. The molecule has 100 valence electrons. The van der Waals surface area contributed by atoms with Crippen molar-refractivity contribution in [1.29, 1.82) is 0 Å². The highest BCUT2D eigenvalue weighted by Crippen LogP contribution is 2.34. The van der Waals surface area contributed by atoms with Gasteiger partial charge in [-0.2, -0.15) is 5.10 Å². The molecule has 0 aliphatic carbocycles. The van der Waals surface area contributed by atoms with Gasteiger partial charge in [0.15, 0.2) is 0 Å². The van der Waals surface area contributed by atoms with Crippen LogP contribution in [0.1, 0.15) is 0 Å². The zero-order chi connectivity index (χ0) is 14.1. The first kappa shape index (κ1) is 12.3. The Morgan fingerprint density at radius 1 is 1.10 bits per heavy atom. The van der Waals surface area contributed by atoms with Gasteiger partial charge in [0.25, 0.3) is 0 Å². The first-order chi connectivity index (χ1) is 9.66. The predicted octanol–water partition coefficient (Wildman–Crippen LogP) is 2.87. The number of aryl methyl sites for hydroxylation is 1. The molecule has 0 aliphatic rings. The van der Waals surface area contributed by atoms with Crippen LogP contribution in [0.25, 0.3) is 22.5 Å². The molecule has 0 atom stereocenters. The molecule has 2 heterocycles. The van der Waals surface area contributed by atoms with E-state index in [1.165, 1.54) is 12.3 Å². The molecule has 0 spiro atoms. The summed E-state index contributed by atoms with van der Waals surface area (Å²) in [6.07, 6.45) is 1.18. The minimum absolute atomic E-state index is 0.376. The average molecular weight is 268 g/mol. The molecule has 4 nitrogen and oxygen atoms in total. The van der Waals surface area contributed by atoms with Crippen molar-refractivity contribution in [1.82, 2.24) is 14.8 Å². The van der Waals surface area contributed by atoms with Crippen LogP contribution in [0.5, 0.6) is 0 Å². The van der Waals surface area contributed by atoms with Crippen molar-refractivity contribution in [3.8, 4) is 22.5 Å². The summed E-state index contributed by atoms with van der Waals surface area (Å²) in [4.78, 5) is 4.08. The van der Waals surface area contributed by atoms with E-state index in [1.54, 1.807) is 17.8 Å². The topological polar surface area (TPSA) is 56.7 Å². The quantitative estimate of drug-likeness (QED) is 0.777. The minimum Gasteiger partial charge on any atom is -0.383 e. The summed E-state index contributed by atoms with van der Waals surface area (Å²) in [6.45, 7) is 0. The SMILES string of the molecule is Cn1nc(-c2ccc(F)cn2)c(-c2ccccc2)c1N. The van der Waals surface area contributed by atoms with Gasteiger partial charge >= 0.3 is 0 Å². The molecule has 2 aromatic heterocycles. The highest BCUT2D eigenvalue weighted by molar-refractivity contribution is 5.86. The van der Waals surface area contributed by atoms with Crippen molar-refractivity contribution >= 4 is 5.82 Å². The van der Waals surface area contributed by atoms with Crippen LogP contribution in [0.2, 0.25) is 0 Å². The van der Waals surface area contributed by atoms with Crippen LogP contribution in [0.3, 0.4) is 0 Å². The van der Waals surface area contributed by atoms with Crippen LogP contribution < -0.4 is 5.73 Å². The number of halogens is 1. The second-order valence-corrected chi connectivity index (χ2v) is 4.46. The van der Waals surface area contributed by atoms with Crippen molar-refractivity contribution in [2.75, 3.05) is 5.73 Å². The van der Waals surface area contributed by atoms with Gasteiger partial charge in [-0.05, 0) is 17.7 Å². The van der Waals surface area contributed by atoms with Gasteiger partial charge in [0.05, 0.1) is 17.5 Å². The predicted molar refractivity (Wildman–Crippen MR) is 76.2 cm³/mol. The molecule has 0 unspecified atom stereocenters. The second-order valence-electron chi connectivity index (χ2n) is 4.46. The standard InChI is InChI=1S/C15H13FN4/c1-20-15(17)13(10-5-3-2-4-6-10)14(19-20)12-8-7-11(16)9-18-12/h2-9H,17H2,1H3. The van der Waals surface area contributed by atoms with Crippen LogP contribution in [0.4, 0.5) is 10.2 Å².